The van der Waals surface area contributed by atoms with Crippen LogP contribution in [0.5, 0.6) is 0 Å². The summed E-state index contributed by atoms with van der Waals surface area (Å²) in [5.41, 5.74) is 1.34. The highest BCUT2D eigenvalue weighted by atomic mass is 16.7. The van der Waals surface area contributed by atoms with Gasteiger partial charge >= 0.3 is 7.12 Å². The molecule has 1 aliphatic rings. The number of ketones is 1. The molecule has 1 fully saturated rings. The number of carbonyl (C=O) groups excluding carboxylic acids is 1. The summed E-state index contributed by atoms with van der Waals surface area (Å²) in [4.78, 5) is 15.9. The van der Waals surface area contributed by atoms with Crippen molar-refractivity contribution in [1.29, 1.82) is 0 Å². The zero-order valence-corrected chi connectivity index (χ0v) is 14.8. The monoisotopic (exact) mass is 316 g/mol. The van der Waals surface area contributed by atoms with Crippen LogP contribution in [0.1, 0.15) is 50.8 Å². The van der Waals surface area contributed by atoms with Gasteiger partial charge in [0.15, 0.2) is 5.78 Å². The average molecular weight is 316 g/mol. The van der Waals surface area contributed by atoms with Gasteiger partial charge in [0, 0.05) is 13.5 Å². The summed E-state index contributed by atoms with van der Waals surface area (Å²) in [6.45, 7) is 10.2. The summed E-state index contributed by atoms with van der Waals surface area (Å²) in [6.07, 6.45) is 1.92. The maximum absolute atomic E-state index is 11.5. The van der Waals surface area contributed by atoms with Gasteiger partial charge in [0.25, 0.3) is 0 Å². The Morgan fingerprint density at radius 3 is 2.39 bits per heavy atom. The number of nitrogens with one attached hydrogen (secondary N) is 1. The van der Waals surface area contributed by atoms with Gasteiger partial charge in [-0.1, -0.05) is 6.07 Å². The first kappa shape index (κ1) is 17.9. The average Bonchev–Trinajstić information content (AvgIpc) is 2.67. The molecule has 0 radical (unpaired) electrons. The largest absolute Gasteiger partial charge is 0.491 e. The number of aromatic nitrogens is 1. The van der Waals surface area contributed by atoms with Crippen LogP contribution < -0.4 is 5.32 Å². The summed E-state index contributed by atoms with van der Waals surface area (Å²) >= 11 is 0. The molecular formula is C17H25BN2O3. The maximum atomic E-state index is 11.5. The SMILES string of the molecule is CNCC(=Cc1cccc(C(C)=O)n1)B1OC(C)(C)C(C)(C)O1. The van der Waals surface area contributed by atoms with Crippen LogP contribution in [0.2, 0.25) is 0 Å². The molecule has 6 heteroatoms. The van der Waals surface area contributed by atoms with E-state index in [1.54, 1.807) is 6.07 Å². The van der Waals surface area contributed by atoms with Crippen LogP contribution in [-0.2, 0) is 9.31 Å². The number of rotatable bonds is 5. The van der Waals surface area contributed by atoms with Crippen molar-refractivity contribution in [2.75, 3.05) is 13.6 Å². The van der Waals surface area contributed by atoms with Crippen molar-refractivity contribution in [2.24, 2.45) is 0 Å². The Labute approximate surface area is 138 Å². The molecule has 0 bridgehead atoms. The molecular weight excluding hydrogens is 291 g/mol. The Balaban J connectivity index is 2.32. The third kappa shape index (κ3) is 3.89. The molecule has 2 heterocycles. The molecule has 0 unspecified atom stereocenters. The van der Waals surface area contributed by atoms with E-state index in [4.69, 9.17) is 9.31 Å². The summed E-state index contributed by atoms with van der Waals surface area (Å²) < 4.78 is 12.2. The quantitative estimate of drug-likeness (QED) is 0.668. The van der Waals surface area contributed by atoms with Crippen LogP contribution in [0.25, 0.3) is 6.08 Å². The zero-order valence-electron chi connectivity index (χ0n) is 14.8. The Morgan fingerprint density at radius 2 is 1.87 bits per heavy atom. The van der Waals surface area contributed by atoms with E-state index in [9.17, 15) is 4.79 Å². The summed E-state index contributed by atoms with van der Waals surface area (Å²) in [6, 6.07) is 5.41. The number of carbonyl (C=O) groups is 1. The third-order valence-corrected chi connectivity index (χ3v) is 4.40. The van der Waals surface area contributed by atoms with Crippen LogP contribution in [-0.4, -0.2) is 42.7 Å². The standard InChI is InChI=1S/C17H25BN2O3/c1-12(21)15-9-7-8-14(20-15)10-13(11-19-6)18-22-16(2,3)17(4,5)23-18/h7-10,19H,11H2,1-6H3. The van der Waals surface area contributed by atoms with Crippen molar-refractivity contribution in [3.05, 3.63) is 35.1 Å². The molecule has 0 spiro atoms. The second-order valence-electron chi connectivity index (χ2n) is 6.84. The van der Waals surface area contributed by atoms with E-state index >= 15 is 0 Å². The highest BCUT2D eigenvalue weighted by Gasteiger charge is 2.52. The number of pyridine rings is 1. The normalized spacial score (nSPS) is 19.9. The predicted molar refractivity (Wildman–Crippen MR) is 92.2 cm³/mol. The molecule has 5 nitrogen and oxygen atoms in total. The van der Waals surface area contributed by atoms with Crippen molar-refractivity contribution in [2.45, 2.75) is 45.8 Å². The van der Waals surface area contributed by atoms with Crippen molar-refractivity contribution in [3.8, 4) is 0 Å². The first-order chi connectivity index (χ1) is 10.7. The van der Waals surface area contributed by atoms with E-state index in [2.05, 4.69) is 10.3 Å². The molecule has 2 rings (SSSR count). The van der Waals surface area contributed by atoms with E-state index < -0.39 is 7.12 Å². The maximum Gasteiger partial charge on any atom is 0.491 e. The lowest BCUT2D eigenvalue weighted by Crippen LogP contribution is -2.41. The van der Waals surface area contributed by atoms with Gasteiger partial charge in [-0.05, 0) is 58.4 Å². The van der Waals surface area contributed by atoms with E-state index in [0.29, 0.717) is 12.2 Å². The van der Waals surface area contributed by atoms with Crippen LogP contribution in [0, 0.1) is 0 Å². The van der Waals surface area contributed by atoms with Crippen molar-refractivity contribution < 1.29 is 14.1 Å². The highest BCUT2D eigenvalue weighted by Crippen LogP contribution is 2.38. The fourth-order valence-corrected chi connectivity index (χ4v) is 2.32. The van der Waals surface area contributed by atoms with Gasteiger partial charge in [-0.15, -0.1) is 0 Å². The fourth-order valence-electron chi connectivity index (χ4n) is 2.32. The lowest BCUT2D eigenvalue weighted by Gasteiger charge is -2.32. The second-order valence-corrected chi connectivity index (χ2v) is 6.84. The number of likely N-dealkylation sites (N-methyl/N-ethyl adjacent to an activating group) is 1. The molecule has 124 valence electrons. The molecule has 1 saturated heterocycles. The summed E-state index contributed by atoms with van der Waals surface area (Å²) in [5, 5.41) is 3.13. The van der Waals surface area contributed by atoms with E-state index in [1.165, 1.54) is 6.92 Å². The molecule has 1 aromatic rings. The van der Waals surface area contributed by atoms with Crippen molar-refractivity contribution in [1.82, 2.24) is 10.3 Å². The van der Waals surface area contributed by atoms with Crippen LogP contribution in [0.3, 0.4) is 0 Å². The minimum absolute atomic E-state index is 0.0500. The molecule has 1 aliphatic heterocycles. The van der Waals surface area contributed by atoms with Gasteiger partial charge in [-0.25, -0.2) is 4.98 Å². The second kappa shape index (κ2) is 6.55. The van der Waals surface area contributed by atoms with Crippen molar-refractivity contribution in [3.63, 3.8) is 0 Å². The van der Waals surface area contributed by atoms with Crippen molar-refractivity contribution >= 4 is 19.0 Å². The molecule has 23 heavy (non-hydrogen) atoms. The topological polar surface area (TPSA) is 60.5 Å². The first-order valence-electron chi connectivity index (χ1n) is 7.85. The van der Waals surface area contributed by atoms with Crippen LogP contribution in [0.4, 0.5) is 0 Å². The van der Waals surface area contributed by atoms with E-state index in [-0.39, 0.29) is 17.0 Å². The van der Waals surface area contributed by atoms with Gasteiger partial charge in [0.2, 0.25) is 0 Å². The number of nitrogens with zero attached hydrogens (tertiary/aromatic N) is 1. The van der Waals surface area contributed by atoms with Crippen LogP contribution in [0.15, 0.2) is 23.7 Å². The predicted octanol–water partition coefficient (Wildman–Crippen LogP) is 2.52. The van der Waals surface area contributed by atoms with Gasteiger partial charge < -0.3 is 14.6 Å². The van der Waals surface area contributed by atoms with Gasteiger partial charge in [-0.3, -0.25) is 4.79 Å². The lowest BCUT2D eigenvalue weighted by atomic mass is 9.77. The Bertz CT molecular complexity index is 610. The van der Waals surface area contributed by atoms with E-state index in [0.717, 1.165) is 11.2 Å². The number of hydrogen-bond acceptors (Lipinski definition) is 5. The minimum Gasteiger partial charge on any atom is -0.400 e. The molecule has 0 atom stereocenters. The number of Topliss-reactive ketones (excluding diaryl/α,β-unsaturated/α-hetero) is 1. The molecule has 0 aromatic carbocycles. The molecule has 0 aliphatic carbocycles. The fraction of sp³-hybridized carbons (Fsp3) is 0.529. The third-order valence-electron chi connectivity index (χ3n) is 4.40. The van der Waals surface area contributed by atoms with Gasteiger partial charge in [-0.2, -0.15) is 0 Å². The minimum atomic E-state index is -0.435. The Kier molecular flexibility index (Phi) is 5.09. The van der Waals surface area contributed by atoms with Crippen LogP contribution >= 0.6 is 0 Å². The summed E-state index contributed by atoms with van der Waals surface area (Å²) in [7, 11) is 1.44. The Hall–Kier alpha value is -1.50. The zero-order chi connectivity index (χ0) is 17.3. The lowest BCUT2D eigenvalue weighted by molar-refractivity contribution is 0.00578. The smallest absolute Gasteiger partial charge is 0.400 e. The van der Waals surface area contributed by atoms with E-state index in [1.807, 2.05) is 53.0 Å². The molecule has 0 amide bonds. The van der Waals surface area contributed by atoms with Gasteiger partial charge in [0.05, 0.1) is 16.9 Å². The summed E-state index contributed by atoms with van der Waals surface area (Å²) in [5.74, 6) is -0.0500. The Morgan fingerprint density at radius 1 is 1.26 bits per heavy atom. The number of hydrogen-bond donors (Lipinski definition) is 1. The first-order valence-corrected chi connectivity index (χ1v) is 7.85. The van der Waals surface area contributed by atoms with Gasteiger partial charge in [0.1, 0.15) is 5.69 Å². The molecule has 1 aromatic heterocycles. The molecule has 1 N–H and O–H groups in total. The highest BCUT2D eigenvalue weighted by molar-refractivity contribution is 6.55. The molecule has 0 saturated carbocycles.